The van der Waals surface area contributed by atoms with Gasteiger partial charge in [-0.2, -0.15) is 0 Å². The van der Waals surface area contributed by atoms with E-state index in [1.807, 2.05) is 37.3 Å². The first kappa shape index (κ1) is 18.7. The summed E-state index contributed by atoms with van der Waals surface area (Å²) in [5, 5.41) is 12.4. The Kier molecular flexibility index (Phi) is 6.51. The van der Waals surface area contributed by atoms with Gasteiger partial charge in [0.2, 0.25) is 11.9 Å². The molecule has 0 saturated carbocycles. The smallest absolute Gasteiger partial charge is 0.230 e. The number of rotatable bonds is 7. The molecule has 1 fully saturated rings. The molecule has 1 amide bonds. The highest BCUT2D eigenvalue weighted by molar-refractivity contribution is 7.99. The van der Waals surface area contributed by atoms with Gasteiger partial charge >= 0.3 is 0 Å². The van der Waals surface area contributed by atoms with E-state index in [0.717, 1.165) is 36.3 Å². The number of nitrogens with zero attached hydrogens (tertiary/aromatic N) is 4. The highest BCUT2D eigenvalue weighted by atomic mass is 32.2. The molecule has 1 aromatic carbocycles. The summed E-state index contributed by atoms with van der Waals surface area (Å²) in [6.45, 7) is 7.87. The van der Waals surface area contributed by atoms with Gasteiger partial charge in [0, 0.05) is 19.6 Å². The van der Waals surface area contributed by atoms with Crippen LogP contribution in [0.3, 0.4) is 0 Å². The molecule has 0 aliphatic carbocycles. The fraction of sp³-hybridized carbons (Fsp3) is 0.500. The van der Waals surface area contributed by atoms with Crippen LogP contribution in [0, 0.1) is 0 Å². The number of amides is 1. The first-order valence-electron chi connectivity index (χ1n) is 8.92. The predicted octanol–water partition coefficient (Wildman–Crippen LogP) is 2.10. The minimum absolute atomic E-state index is 0.00933. The van der Waals surface area contributed by atoms with E-state index in [-0.39, 0.29) is 11.9 Å². The Hall–Kier alpha value is -2.06. The van der Waals surface area contributed by atoms with Crippen molar-refractivity contribution in [1.82, 2.24) is 20.1 Å². The fourth-order valence-corrected chi connectivity index (χ4v) is 3.71. The molecule has 1 aliphatic rings. The van der Waals surface area contributed by atoms with Crippen LogP contribution in [0.2, 0.25) is 0 Å². The molecule has 1 aromatic heterocycles. The molecule has 140 valence electrons. The third-order valence-electron chi connectivity index (χ3n) is 4.32. The van der Waals surface area contributed by atoms with Gasteiger partial charge in [-0.15, -0.1) is 10.2 Å². The van der Waals surface area contributed by atoms with Crippen molar-refractivity contribution >= 4 is 23.6 Å². The molecule has 0 radical (unpaired) electrons. The van der Waals surface area contributed by atoms with Crippen LogP contribution in [0.25, 0.3) is 0 Å². The first-order valence-corrected chi connectivity index (χ1v) is 9.90. The minimum Gasteiger partial charge on any atom is -0.378 e. The summed E-state index contributed by atoms with van der Waals surface area (Å²) in [6.07, 6.45) is 0. The van der Waals surface area contributed by atoms with Crippen molar-refractivity contribution in [3.8, 4) is 0 Å². The predicted molar refractivity (Wildman–Crippen MR) is 102 cm³/mol. The quantitative estimate of drug-likeness (QED) is 0.748. The number of anilines is 1. The van der Waals surface area contributed by atoms with Gasteiger partial charge in [0.25, 0.3) is 0 Å². The lowest BCUT2D eigenvalue weighted by Gasteiger charge is -2.27. The lowest BCUT2D eigenvalue weighted by Crippen LogP contribution is -2.38. The van der Waals surface area contributed by atoms with E-state index in [1.165, 1.54) is 11.8 Å². The van der Waals surface area contributed by atoms with Crippen molar-refractivity contribution in [2.75, 3.05) is 37.0 Å². The molecular formula is C18H25N5O2S. The molecule has 1 aliphatic heterocycles. The molecule has 2 aromatic rings. The standard InChI is InChI=1S/C18H25N5O2S/c1-3-23-17(22-9-11-25-12-10-22)20-21-18(23)26-13-16(24)19-14(2)15-7-5-4-6-8-15/h4-8,14H,3,9-13H2,1-2H3,(H,19,24). The Labute approximate surface area is 158 Å². The van der Waals surface area contributed by atoms with Gasteiger partial charge in [-0.1, -0.05) is 42.1 Å². The van der Waals surface area contributed by atoms with Gasteiger partial charge in [-0.05, 0) is 19.4 Å². The molecule has 8 heteroatoms. The lowest BCUT2D eigenvalue weighted by atomic mass is 10.1. The monoisotopic (exact) mass is 375 g/mol. The average molecular weight is 375 g/mol. The highest BCUT2D eigenvalue weighted by Crippen LogP contribution is 2.22. The zero-order chi connectivity index (χ0) is 18.4. The van der Waals surface area contributed by atoms with Crippen molar-refractivity contribution in [2.45, 2.75) is 31.6 Å². The van der Waals surface area contributed by atoms with E-state index in [1.54, 1.807) is 0 Å². The van der Waals surface area contributed by atoms with Gasteiger partial charge in [0.05, 0.1) is 25.0 Å². The second-order valence-corrected chi connectivity index (χ2v) is 7.06. The molecular weight excluding hydrogens is 350 g/mol. The zero-order valence-electron chi connectivity index (χ0n) is 15.2. The number of morpholine rings is 1. The maximum Gasteiger partial charge on any atom is 0.230 e. The number of ether oxygens (including phenoxy) is 1. The van der Waals surface area contributed by atoms with Crippen molar-refractivity contribution in [2.24, 2.45) is 0 Å². The summed E-state index contributed by atoms with van der Waals surface area (Å²) in [6, 6.07) is 9.93. The number of carbonyl (C=O) groups is 1. The molecule has 1 saturated heterocycles. The number of benzene rings is 1. The Balaban J connectivity index is 1.57. The molecule has 1 N–H and O–H groups in total. The van der Waals surface area contributed by atoms with E-state index in [4.69, 9.17) is 4.74 Å². The van der Waals surface area contributed by atoms with Gasteiger partial charge in [-0.25, -0.2) is 0 Å². The van der Waals surface area contributed by atoms with Crippen LogP contribution in [-0.4, -0.2) is 52.7 Å². The van der Waals surface area contributed by atoms with Gasteiger partial charge in [-0.3, -0.25) is 9.36 Å². The maximum atomic E-state index is 12.3. The Morgan fingerprint density at radius 3 is 2.69 bits per heavy atom. The van der Waals surface area contributed by atoms with Crippen LogP contribution in [0.15, 0.2) is 35.5 Å². The number of aromatic nitrogens is 3. The van der Waals surface area contributed by atoms with Crippen LogP contribution < -0.4 is 10.2 Å². The molecule has 2 heterocycles. The van der Waals surface area contributed by atoms with E-state index >= 15 is 0 Å². The molecule has 7 nitrogen and oxygen atoms in total. The lowest BCUT2D eigenvalue weighted by molar-refractivity contribution is -0.119. The van der Waals surface area contributed by atoms with E-state index in [9.17, 15) is 4.79 Å². The molecule has 0 bridgehead atoms. The molecule has 1 atom stereocenters. The number of hydrogen-bond donors (Lipinski definition) is 1. The van der Waals surface area contributed by atoms with Crippen LogP contribution in [0.5, 0.6) is 0 Å². The zero-order valence-corrected chi connectivity index (χ0v) is 16.0. The highest BCUT2D eigenvalue weighted by Gasteiger charge is 2.20. The van der Waals surface area contributed by atoms with Crippen molar-refractivity contribution in [3.05, 3.63) is 35.9 Å². The number of thioether (sulfide) groups is 1. The van der Waals surface area contributed by atoms with E-state index in [2.05, 4.69) is 31.9 Å². The SMILES string of the molecule is CCn1c(SCC(=O)NC(C)c2ccccc2)nnc1N1CCOCC1. The van der Waals surface area contributed by atoms with Gasteiger partial charge in [0.15, 0.2) is 5.16 Å². The summed E-state index contributed by atoms with van der Waals surface area (Å²) in [5.74, 6) is 1.17. The van der Waals surface area contributed by atoms with Crippen molar-refractivity contribution < 1.29 is 9.53 Å². The minimum atomic E-state index is -0.0164. The molecule has 0 spiro atoms. The normalized spacial score (nSPS) is 15.7. The largest absolute Gasteiger partial charge is 0.378 e. The van der Waals surface area contributed by atoms with Gasteiger partial charge < -0.3 is 15.0 Å². The second-order valence-electron chi connectivity index (χ2n) is 6.11. The summed E-state index contributed by atoms with van der Waals surface area (Å²) < 4.78 is 7.46. The van der Waals surface area contributed by atoms with Crippen molar-refractivity contribution in [3.63, 3.8) is 0 Å². The maximum absolute atomic E-state index is 12.3. The number of carbonyl (C=O) groups excluding carboxylic acids is 1. The fourth-order valence-electron chi connectivity index (χ4n) is 2.90. The van der Waals surface area contributed by atoms with E-state index in [0.29, 0.717) is 19.0 Å². The topological polar surface area (TPSA) is 72.3 Å². The Morgan fingerprint density at radius 1 is 1.27 bits per heavy atom. The van der Waals surface area contributed by atoms with E-state index < -0.39 is 0 Å². The number of nitrogens with one attached hydrogen (secondary N) is 1. The van der Waals surface area contributed by atoms with Crippen LogP contribution in [0.1, 0.15) is 25.5 Å². The molecule has 1 unspecified atom stereocenters. The average Bonchev–Trinajstić information content (AvgIpc) is 3.10. The van der Waals surface area contributed by atoms with Gasteiger partial charge in [0.1, 0.15) is 0 Å². The summed E-state index contributed by atoms with van der Waals surface area (Å²) in [7, 11) is 0. The summed E-state index contributed by atoms with van der Waals surface area (Å²) in [5.41, 5.74) is 1.09. The second kappa shape index (κ2) is 9.05. The Morgan fingerprint density at radius 2 is 2.00 bits per heavy atom. The van der Waals surface area contributed by atoms with Crippen LogP contribution >= 0.6 is 11.8 Å². The van der Waals surface area contributed by atoms with Crippen LogP contribution in [-0.2, 0) is 16.1 Å². The van der Waals surface area contributed by atoms with Crippen LogP contribution in [0.4, 0.5) is 5.95 Å². The Bertz CT molecular complexity index is 716. The summed E-state index contributed by atoms with van der Waals surface area (Å²) >= 11 is 1.42. The molecule has 3 rings (SSSR count). The molecule has 26 heavy (non-hydrogen) atoms. The number of hydrogen-bond acceptors (Lipinski definition) is 6. The summed E-state index contributed by atoms with van der Waals surface area (Å²) in [4.78, 5) is 14.5. The third kappa shape index (κ3) is 4.56. The first-order chi connectivity index (χ1) is 12.7. The van der Waals surface area contributed by atoms with Crippen molar-refractivity contribution in [1.29, 1.82) is 0 Å². The third-order valence-corrected chi connectivity index (χ3v) is 5.28.